The maximum absolute atomic E-state index is 14.2. The van der Waals surface area contributed by atoms with Crippen molar-refractivity contribution in [2.45, 2.75) is 19.1 Å². The van der Waals surface area contributed by atoms with Gasteiger partial charge in [0.2, 0.25) is 5.62 Å². The maximum Gasteiger partial charge on any atom is 0.416 e. The van der Waals surface area contributed by atoms with Crippen LogP contribution in [0, 0.1) is 23.0 Å². The predicted octanol–water partition coefficient (Wildman–Crippen LogP) is 6.10. The molecule has 4 aromatic rings. The molecule has 45 heavy (non-hydrogen) atoms. The molecule has 3 aromatic carbocycles. The second-order valence-electron chi connectivity index (χ2n) is 9.52. The Morgan fingerprint density at radius 1 is 1.11 bits per heavy atom. The van der Waals surface area contributed by atoms with Gasteiger partial charge in [-0.2, -0.15) is 18.4 Å². The summed E-state index contributed by atoms with van der Waals surface area (Å²) < 4.78 is 103. The van der Waals surface area contributed by atoms with E-state index in [0.717, 1.165) is 28.8 Å². The van der Waals surface area contributed by atoms with Crippen LogP contribution in [0.25, 0.3) is 11.0 Å². The molecule has 0 unspecified atom stereocenters. The summed E-state index contributed by atoms with van der Waals surface area (Å²) in [5, 5.41) is 12.2. The lowest BCUT2D eigenvalue weighted by Gasteiger charge is -2.16. The zero-order valence-electron chi connectivity index (χ0n) is 23.3. The van der Waals surface area contributed by atoms with Gasteiger partial charge in [-0.1, -0.05) is 11.6 Å². The number of fused-ring (bicyclic) bond motifs is 1. The summed E-state index contributed by atoms with van der Waals surface area (Å²) >= 11 is 6.15. The zero-order valence-corrected chi connectivity index (χ0v) is 24.0. The molecule has 4 rings (SSSR count). The van der Waals surface area contributed by atoms with Crippen LogP contribution in [0.4, 0.5) is 36.4 Å². The molecule has 0 bridgehead atoms. The van der Waals surface area contributed by atoms with E-state index in [4.69, 9.17) is 16.3 Å². The molecule has 0 fully saturated rings. The first-order valence-corrected chi connectivity index (χ1v) is 13.2. The summed E-state index contributed by atoms with van der Waals surface area (Å²) in [6, 6.07) is 6.66. The van der Waals surface area contributed by atoms with Crippen molar-refractivity contribution in [3.63, 3.8) is 0 Å². The Morgan fingerprint density at radius 3 is 2.44 bits per heavy atom. The van der Waals surface area contributed by atoms with E-state index in [2.05, 4.69) is 10.3 Å². The summed E-state index contributed by atoms with van der Waals surface area (Å²) in [6.45, 7) is -0.859. The second-order valence-corrected chi connectivity index (χ2v) is 9.93. The Balaban J connectivity index is 2.07. The molecule has 1 heterocycles. The number of benzene rings is 3. The fourth-order valence-corrected chi connectivity index (χ4v) is 4.87. The lowest BCUT2D eigenvalue weighted by atomic mass is 9.95. The number of anilines is 1. The molecule has 1 amide bonds. The van der Waals surface area contributed by atoms with E-state index in [0.29, 0.717) is 12.1 Å². The van der Waals surface area contributed by atoms with Crippen molar-refractivity contribution >= 4 is 40.0 Å². The molecule has 0 aliphatic heterocycles. The van der Waals surface area contributed by atoms with Crippen LogP contribution in [0.2, 0.25) is 5.02 Å². The number of amides is 1. The van der Waals surface area contributed by atoms with Gasteiger partial charge in [0.25, 0.3) is 12.3 Å². The number of rotatable bonds is 9. The quantitative estimate of drug-likeness (QED) is 0.134. The molecule has 0 aliphatic rings. The minimum Gasteiger partial charge on any atom is -0.383 e. The summed E-state index contributed by atoms with van der Waals surface area (Å²) in [5.74, 6) is -4.72. The highest BCUT2D eigenvalue weighted by molar-refractivity contribution is 6.35. The number of ketones is 1. The van der Waals surface area contributed by atoms with E-state index in [9.17, 15) is 45.6 Å². The molecule has 0 saturated carbocycles. The van der Waals surface area contributed by atoms with Crippen LogP contribution in [0.3, 0.4) is 0 Å². The van der Waals surface area contributed by atoms with Gasteiger partial charge >= 0.3 is 6.18 Å². The number of hydrogen-bond donors (Lipinski definition) is 1. The lowest BCUT2D eigenvalue weighted by molar-refractivity contribution is -0.137. The minimum absolute atomic E-state index is 0.00117. The fraction of sp³-hybridized carbons (Fsp3) is 0.241. The third kappa shape index (κ3) is 6.86. The molecular weight excluding hydrogens is 635 g/mol. The van der Waals surface area contributed by atoms with Gasteiger partial charge < -0.3 is 19.2 Å². The third-order valence-electron chi connectivity index (χ3n) is 6.56. The molecule has 8 nitrogen and oxygen atoms in total. The maximum atomic E-state index is 14.2. The standard InChI is InChI=1S/C29H21ClF7N5O3/c1-41-25-19(12-38)24(26(43)18-10-16(31)3-4-20(18)30)21(11-22(25)42(13-23(33)34)28(41)39-5-6-45-2)40-27(44)14-7-15(29(35,36)37)9-17(32)8-14/h3-4,7-11,23H,5-6,13H2,1-2H3,(H,40,44). The number of hydrogen-bond acceptors (Lipinski definition) is 5. The Labute approximate surface area is 254 Å². The number of nitriles is 1. The van der Waals surface area contributed by atoms with Crippen molar-refractivity contribution in [2.24, 2.45) is 12.0 Å². The van der Waals surface area contributed by atoms with Crippen LogP contribution in [0.1, 0.15) is 37.4 Å². The van der Waals surface area contributed by atoms with Crippen LogP contribution in [-0.2, 0) is 24.5 Å². The topological polar surface area (TPSA) is 101 Å². The monoisotopic (exact) mass is 655 g/mol. The molecule has 0 saturated heterocycles. The minimum atomic E-state index is -5.02. The van der Waals surface area contributed by atoms with Crippen molar-refractivity contribution in [2.75, 3.05) is 25.6 Å². The summed E-state index contributed by atoms with van der Waals surface area (Å²) in [5.41, 5.74) is -4.66. The van der Waals surface area contributed by atoms with Gasteiger partial charge in [0.05, 0.1) is 58.1 Å². The average Bonchev–Trinajstić information content (AvgIpc) is 3.21. The first-order chi connectivity index (χ1) is 21.2. The van der Waals surface area contributed by atoms with Crippen molar-refractivity contribution in [3.8, 4) is 6.07 Å². The largest absolute Gasteiger partial charge is 0.416 e. The molecule has 0 radical (unpaired) electrons. The molecule has 0 atom stereocenters. The molecule has 16 heteroatoms. The lowest BCUT2D eigenvalue weighted by Crippen LogP contribution is -2.27. The molecule has 236 valence electrons. The van der Waals surface area contributed by atoms with E-state index in [1.54, 1.807) is 0 Å². The number of imidazole rings is 1. The molecule has 1 aromatic heterocycles. The van der Waals surface area contributed by atoms with E-state index in [1.807, 2.05) is 6.07 Å². The number of alkyl halides is 5. The zero-order chi connectivity index (χ0) is 33.2. The van der Waals surface area contributed by atoms with Gasteiger partial charge in [-0.3, -0.25) is 9.59 Å². The number of aryl methyl sites for hydroxylation is 1. The van der Waals surface area contributed by atoms with E-state index in [1.165, 1.54) is 18.7 Å². The fourth-order valence-electron chi connectivity index (χ4n) is 4.67. The van der Waals surface area contributed by atoms with Gasteiger partial charge in [0.1, 0.15) is 17.7 Å². The first-order valence-electron chi connectivity index (χ1n) is 12.8. The van der Waals surface area contributed by atoms with Crippen molar-refractivity contribution in [3.05, 3.63) is 92.6 Å². The highest BCUT2D eigenvalue weighted by atomic mass is 35.5. The van der Waals surface area contributed by atoms with Gasteiger partial charge in [-0.05, 0) is 42.5 Å². The number of halogens is 8. The number of methoxy groups -OCH3 is 1. The number of nitrogens with zero attached hydrogens (tertiary/aromatic N) is 4. The highest BCUT2D eigenvalue weighted by Gasteiger charge is 2.33. The Kier molecular flexibility index (Phi) is 9.69. The SMILES string of the molecule is COCCN=c1n(C)c2c(C#N)c(C(=O)c3cc(F)ccc3Cl)c(NC(=O)c3cc(F)cc(C(F)(F)F)c3)cc2n1CC(F)F. The molecule has 1 N–H and O–H groups in total. The second kappa shape index (κ2) is 13.1. The molecule has 0 aliphatic carbocycles. The number of nitrogens with one attached hydrogen (secondary N) is 1. The number of carbonyl (C=O) groups excluding carboxylic acids is 2. The van der Waals surface area contributed by atoms with E-state index >= 15 is 0 Å². The van der Waals surface area contributed by atoms with Gasteiger partial charge in [0.15, 0.2) is 5.78 Å². The molecule has 0 spiro atoms. The van der Waals surface area contributed by atoms with Gasteiger partial charge in [-0.25, -0.2) is 22.6 Å². The van der Waals surface area contributed by atoms with Crippen LogP contribution < -0.4 is 10.9 Å². The average molecular weight is 656 g/mol. The Bertz CT molecular complexity index is 1930. The summed E-state index contributed by atoms with van der Waals surface area (Å²) in [6.07, 6.45) is -7.96. The van der Waals surface area contributed by atoms with Crippen LogP contribution >= 0.6 is 11.6 Å². The van der Waals surface area contributed by atoms with E-state index < -0.39 is 76.0 Å². The molecular formula is C29H21ClF7N5O3. The Morgan fingerprint density at radius 2 is 1.82 bits per heavy atom. The third-order valence-corrected chi connectivity index (χ3v) is 6.89. The Hall–Kier alpha value is -4.68. The first kappa shape index (κ1) is 33.2. The number of aromatic nitrogens is 2. The van der Waals surface area contributed by atoms with Gasteiger partial charge in [-0.15, -0.1) is 0 Å². The van der Waals surface area contributed by atoms with Crippen LogP contribution in [0.5, 0.6) is 0 Å². The predicted molar refractivity (Wildman–Crippen MR) is 148 cm³/mol. The summed E-state index contributed by atoms with van der Waals surface area (Å²) in [4.78, 5) is 31.4. The van der Waals surface area contributed by atoms with Crippen molar-refractivity contribution < 1.29 is 45.1 Å². The van der Waals surface area contributed by atoms with Crippen molar-refractivity contribution in [1.29, 1.82) is 5.26 Å². The van der Waals surface area contributed by atoms with Crippen LogP contribution in [0.15, 0.2) is 47.5 Å². The normalized spacial score (nSPS) is 12.2. The number of ether oxygens (including phenoxy) is 1. The summed E-state index contributed by atoms with van der Waals surface area (Å²) in [7, 11) is 2.77. The van der Waals surface area contributed by atoms with E-state index in [-0.39, 0.29) is 40.9 Å². The number of carbonyl (C=O) groups is 2. The van der Waals surface area contributed by atoms with Crippen molar-refractivity contribution in [1.82, 2.24) is 9.13 Å². The smallest absolute Gasteiger partial charge is 0.383 e. The van der Waals surface area contributed by atoms with Gasteiger partial charge in [0, 0.05) is 25.3 Å². The van der Waals surface area contributed by atoms with Crippen LogP contribution in [-0.4, -0.2) is 47.5 Å². The highest BCUT2D eigenvalue weighted by Crippen LogP contribution is 2.34.